The van der Waals surface area contributed by atoms with Crippen molar-refractivity contribution < 1.29 is 4.39 Å². The van der Waals surface area contributed by atoms with Crippen molar-refractivity contribution in [2.45, 2.75) is 24.3 Å². The second kappa shape index (κ2) is 6.24. The minimum atomic E-state index is -0.211. The van der Waals surface area contributed by atoms with Crippen LogP contribution in [-0.2, 0) is 0 Å². The van der Waals surface area contributed by atoms with Crippen LogP contribution in [0, 0.1) is 12.7 Å². The standard InChI is InChI=1S/C17H16FN5S/c1-11-20-5-6-23(11)17-10-19-9-16(22-17)21-14-4-7-24-15-3-2-12(18)8-13(14)15/h2-3,5-6,8-10,14H,4,7H2,1H3,(H,21,22). The van der Waals surface area contributed by atoms with Crippen molar-refractivity contribution >= 4 is 17.6 Å². The molecule has 1 aromatic carbocycles. The lowest BCUT2D eigenvalue weighted by atomic mass is 10.0. The molecule has 0 saturated carbocycles. The Morgan fingerprint density at radius 2 is 2.25 bits per heavy atom. The quantitative estimate of drug-likeness (QED) is 0.786. The zero-order valence-electron chi connectivity index (χ0n) is 13.1. The van der Waals surface area contributed by atoms with Crippen LogP contribution in [0.4, 0.5) is 10.2 Å². The number of thioether (sulfide) groups is 1. The molecule has 5 nitrogen and oxygen atoms in total. The summed E-state index contributed by atoms with van der Waals surface area (Å²) in [6.45, 7) is 1.92. The molecular weight excluding hydrogens is 325 g/mol. The SMILES string of the molecule is Cc1nccn1-c1cncc(NC2CCSc3ccc(F)cc32)n1. The molecule has 0 aliphatic carbocycles. The van der Waals surface area contributed by atoms with Crippen molar-refractivity contribution in [3.05, 3.63) is 60.2 Å². The molecule has 1 atom stereocenters. The highest BCUT2D eigenvalue weighted by molar-refractivity contribution is 7.99. The predicted molar refractivity (Wildman–Crippen MR) is 92.0 cm³/mol. The lowest BCUT2D eigenvalue weighted by molar-refractivity contribution is 0.615. The summed E-state index contributed by atoms with van der Waals surface area (Å²) < 4.78 is 15.5. The molecule has 4 rings (SSSR count). The van der Waals surface area contributed by atoms with E-state index in [9.17, 15) is 4.39 Å². The summed E-state index contributed by atoms with van der Waals surface area (Å²) in [4.78, 5) is 14.2. The molecule has 122 valence electrons. The highest BCUT2D eigenvalue weighted by Gasteiger charge is 2.21. The number of nitrogens with zero attached hydrogens (tertiary/aromatic N) is 4. The van der Waals surface area contributed by atoms with Crippen molar-refractivity contribution in [3.63, 3.8) is 0 Å². The number of fused-ring (bicyclic) bond motifs is 1. The second-order valence-corrected chi connectivity index (χ2v) is 6.76. The van der Waals surface area contributed by atoms with Crippen LogP contribution >= 0.6 is 11.8 Å². The minimum absolute atomic E-state index is 0.0328. The topological polar surface area (TPSA) is 55.6 Å². The third kappa shape index (κ3) is 2.87. The van der Waals surface area contributed by atoms with Crippen LogP contribution < -0.4 is 5.32 Å². The van der Waals surface area contributed by atoms with Crippen molar-refractivity contribution in [2.75, 3.05) is 11.1 Å². The summed E-state index contributed by atoms with van der Waals surface area (Å²) >= 11 is 1.76. The highest BCUT2D eigenvalue weighted by Crippen LogP contribution is 2.38. The molecule has 3 heterocycles. The third-order valence-electron chi connectivity index (χ3n) is 4.03. The van der Waals surface area contributed by atoms with Gasteiger partial charge in [0.05, 0.1) is 18.4 Å². The van der Waals surface area contributed by atoms with Crippen molar-refractivity contribution in [3.8, 4) is 5.82 Å². The lowest BCUT2D eigenvalue weighted by Crippen LogP contribution is -2.17. The van der Waals surface area contributed by atoms with Gasteiger partial charge in [0.1, 0.15) is 17.5 Å². The Hall–Kier alpha value is -2.41. The first-order valence-corrected chi connectivity index (χ1v) is 8.70. The fourth-order valence-electron chi connectivity index (χ4n) is 2.86. The molecule has 1 N–H and O–H groups in total. The van der Waals surface area contributed by atoms with Gasteiger partial charge in [-0.3, -0.25) is 9.55 Å². The van der Waals surface area contributed by atoms with E-state index in [-0.39, 0.29) is 11.9 Å². The number of hydrogen-bond donors (Lipinski definition) is 1. The maximum Gasteiger partial charge on any atom is 0.159 e. The third-order valence-corrected chi connectivity index (χ3v) is 5.15. The van der Waals surface area contributed by atoms with Gasteiger partial charge in [0.15, 0.2) is 5.82 Å². The molecule has 1 aliphatic heterocycles. The smallest absolute Gasteiger partial charge is 0.159 e. The van der Waals surface area contributed by atoms with E-state index < -0.39 is 0 Å². The summed E-state index contributed by atoms with van der Waals surface area (Å²) in [6.07, 6.45) is 7.89. The van der Waals surface area contributed by atoms with Crippen molar-refractivity contribution in [1.29, 1.82) is 0 Å². The average Bonchev–Trinajstić information content (AvgIpc) is 3.02. The Morgan fingerprint density at radius 3 is 3.08 bits per heavy atom. The molecule has 3 aromatic rings. The maximum atomic E-state index is 13.6. The van der Waals surface area contributed by atoms with Gasteiger partial charge in [-0.25, -0.2) is 14.4 Å². The first-order valence-electron chi connectivity index (χ1n) is 7.72. The van der Waals surface area contributed by atoms with E-state index in [1.165, 1.54) is 6.07 Å². The molecule has 0 saturated heterocycles. The molecule has 7 heteroatoms. The van der Waals surface area contributed by atoms with Gasteiger partial charge in [-0.05, 0) is 37.1 Å². The van der Waals surface area contributed by atoms with E-state index in [1.807, 2.05) is 23.8 Å². The first kappa shape index (κ1) is 15.1. The summed E-state index contributed by atoms with van der Waals surface area (Å²) in [7, 11) is 0. The normalized spacial score (nSPS) is 16.7. The zero-order chi connectivity index (χ0) is 16.5. The summed E-state index contributed by atoms with van der Waals surface area (Å²) in [5.74, 6) is 3.01. The Kier molecular flexibility index (Phi) is 3.93. The molecule has 24 heavy (non-hydrogen) atoms. The Labute approximate surface area is 143 Å². The van der Waals surface area contributed by atoms with E-state index in [2.05, 4.69) is 20.3 Å². The molecule has 0 radical (unpaired) electrons. The number of aryl methyl sites for hydroxylation is 1. The predicted octanol–water partition coefficient (Wildman–Crippen LogP) is 3.76. The monoisotopic (exact) mass is 341 g/mol. The van der Waals surface area contributed by atoms with Gasteiger partial charge in [0.2, 0.25) is 0 Å². The number of nitrogens with one attached hydrogen (secondary N) is 1. The minimum Gasteiger partial charge on any atom is -0.362 e. The van der Waals surface area contributed by atoms with Crippen LogP contribution in [0.3, 0.4) is 0 Å². The largest absolute Gasteiger partial charge is 0.362 e. The first-order chi connectivity index (χ1) is 11.7. The van der Waals surface area contributed by atoms with E-state index >= 15 is 0 Å². The number of rotatable bonds is 3. The van der Waals surface area contributed by atoms with Gasteiger partial charge in [-0.2, -0.15) is 0 Å². The number of benzene rings is 1. The summed E-state index contributed by atoms with van der Waals surface area (Å²) in [5, 5.41) is 3.40. The molecule has 1 unspecified atom stereocenters. The molecule has 0 amide bonds. The molecular formula is C17H16FN5S. The van der Waals surface area contributed by atoms with Gasteiger partial charge in [0, 0.05) is 23.0 Å². The van der Waals surface area contributed by atoms with Gasteiger partial charge >= 0.3 is 0 Å². The van der Waals surface area contributed by atoms with E-state index in [0.29, 0.717) is 11.6 Å². The molecule has 1 aliphatic rings. The van der Waals surface area contributed by atoms with E-state index in [4.69, 9.17) is 0 Å². The van der Waals surface area contributed by atoms with Crippen LogP contribution in [-0.4, -0.2) is 25.3 Å². The van der Waals surface area contributed by atoms with Crippen molar-refractivity contribution in [2.24, 2.45) is 0 Å². The summed E-state index contributed by atoms with van der Waals surface area (Å²) in [6, 6.07) is 5.00. The Balaban J connectivity index is 1.63. The lowest BCUT2D eigenvalue weighted by Gasteiger charge is -2.26. The summed E-state index contributed by atoms with van der Waals surface area (Å²) in [5.41, 5.74) is 0.984. The van der Waals surface area contributed by atoms with Gasteiger partial charge in [0.25, 0.3) is 0 Å². The maximum absolute atomic E-state index is 13.6. The second-order valence-electron chi connectivity index (χ2n) is 5.62. The zero-order valence-corrected chi connectivity index (χ0v) is 13.9. The van der Waals surface area contributed by atoms with Gasteiger partial charge in [-0.1, -0.05) is 0 Å². The van der Waals surface area contributed by atoms with Crippen LogP contribution in [0.25, 0.3) is 5.82 Å². The van der Waals surface area contributed by atoms with Crippen LogP contribution in [0.1, 0.15) is 23.9 Å². The van der Waals surface area contributed by atoms with Gasteiger partial charge < -0.3 is 5.32 Å². The molecule has 0 spiro atoms. The number of anilines is 1. The highest BCUT2D eigenvalue weighted by atomic mass is 32.2. The number of hydrogen-bond acceptors (Lipinski definition) is 5. The van der Waals surface area contributed by atoms with Crippen LogP contribution in [0.2, 0.25) is 0 Å². The van der Waals surface area contributed by atoms with Gasteiger partial charge in [-0.15, -0.1) is 11.8 Å². The van der Waals surface area contributed by atoms with Crippen LogP contribution in [0.5, 0.6) is 0 Å². The van der Waals surface area contributed by atoms with E-state index in [0.717, 1.165) is 28.5 Å². The fourth-order valence-corrected chi connectivity index (χ4v) is 3.96. The van der Waals surface area contributed by atoms with Crippen molar-refractivity contribution in [1.82, 2.24) is 19.5 Å². The molecule has 2 aromatic heterocycles. The van der Waals surface area contributed by atoms with Crippen LogP contribution in [0.15, 0.2) is 47.9 Å². The molecule has 0 fully saturated rings. The Bertz CT molecular complexity index is 879. The number of imidazole rings is 1. The Morgan fingerprint density at radius 1 is 1.33 bits per heavy atom. The average molecular weight is 341 g/mol. The number of halogens is 1. The fraction of sp³-hybridized carbons (Fsp3) is 0.235. The molecule has 0 bridgehead atoms. The van der Waals surface area contributed by atoms with E-state index in [1.54, 1.807) is 36.4 Å². The number of aromatic nitrogens is 4.